The van der Waals surface area contributed by atoms with Gasteiger partial charge in [-0.1, -0.05) is 45.9 Å². The third-order valence-electron chi connectivity index (χ3n) is 4.45. The smallest absolute Gasteiger partial charge is 0.234 e. The van der Waals surface area contributed by atoms with Gasteiger partial charge < -0.3 is 9.73 Å². The van der Waals surface area contributed by atoms with E-state index in [2.05, 4.69) is 31.4 Å². The van der Waals surface area contributed by atoms with Gasteiger partial charge in [-0.15, -0.1) is 10.2 Å². The van der Waals surface area contributed by atoms with Crippen molar-refractivity contribution >= 4 is 50.3 Å². The highest BCUT2D eigenvalue weighted by atomic mass is 79.9. The normalized spacial score (nSPS) is 11.1. The number of aromatic nitrogens is 3. The van der Waals surface area contributed by atoms with Gasteiger partial charge in [-0.3, -0.25) is 9.36 Å². The van der Waals surface area contributed by atoms with Crippen molar-refractivity contribution in [2.45, 2.75) is 25.5 Å². The number of aryl methyl sites for hydroxylation is 1. The Morgan fingerprint density at radius 3 is 2.79 bits per heavy atom. The standard InChI is InChI=1S/C21H19BrN4O2S/c1-3-26-20(18-11-14-6-4-5-7-17(14)28-18)24-25-21(26)29-12-19(27)23-15-8-9-16(22)13(2)10-15/h4-11H,3,12H2,1-2H3,(H,23,27). The molecule has 0 fully saturated rings. The second-order valence-corrected chi connectivity index (χ2v) is 8.30. The van der Waals surface area contributed by atoms with Crippen LogP contribution in [0.25, 0.3) is 22.6 Å². The molecule has 0 spiro atoms. The third-order valence-corrected chi connectivity index (χ3v) is 6.31. The largest absolute Gasteiger partial charge is 0.453 e. The average Bonchev–Trinajstić information content (AvgIpc) is 3.32. The molecular formula is C21H19BrN4O2S. The number of benzene rings is 2. The average molecular weight is 471 g/mol. The Hall–Kier alpha value is -2.58. The van der Waals surface area contributed by atoms with Crippen molar-refractivity contribution in [3.8, 4) is 11.6 Å². The van der Waals surface area contributed by atoms with Crippen LogP contribution < -0.4 is 5.32 Å². The molecule has 4 aromatic rings. The molecule has 2 heterocycles. The van der Waals surface area contributed by atoms with E-state index >= 15 is 0 Å². The van der Waals surface area contributed by atoms with Gasteiger partial charge in [-0.05, 0) is 49.7 Å². The molecule has 0 atom stereocenters. The summed E-state index contributed by atoms with van der Waals surface area (Å²) in [6.07, 6.45) is 0. The first-order valence-corrected chi connectivity index (χ1v) is 10.9. The molecule has 0 radical (unpaired) electrons. The molecule has 2 aromatic carbocycles. The number of rotatable bonds is 6. The summed E-state index contributed by atoms with van der Waals surface area (Å²) in [4.78, 5) is 12.4. The molecule has 8 heteroatoms. The lowest BCUT2D eigenvalue weighted by Gasteiger charge is -2.08. The van der Waals surface area contributed by atoms with Crippen LogP contribution in [0.15, 0.2) is 62.6 Å². The number of carbonyl (C=O) groups is 1. The zero-order valence-corrected chi connectivity index (χ0v) is 18.4. The summed E-state index contributed by atoms with van der Waals surface area (Å²) < 4.78 is 8.89. The molecule has 0 saturated heterocycles. The number of thioether (sulfide) groups is 1. The van der Waals surface area contributed by atoms with E-state index in [0.717, 1.165) is 26.7 Å². The zero-order chi connectivity index (χ0) is 20.4. The van der Waals surface area contributed by atoms with Crippen LogP contribution in [0.5, 0.6) is 0 Å². The van der Waals surface area contributed by atoms with E-state index in [1.165, 1.54) is 11.8 Å². The molecule has 148 valence electrons. The summed E-state index contributed by atoms with van der Waals surface area (Å²) in [5, 5.41) is 13.2. The Kier molecular flexibility index (Phi) is 5.73. The molecule has 0 aliphatic rings. The van der Waals surface area contributed by atoms with Crippen molar-refractivity contribution in [1.29, 1.82) is 0 Å². The Morgan fingerprint density at radius 1 is 1.21 bits per heavy atom. The van der Waals surface area contributed by atoms with Crippen LogP contribution in [0.3, 0.4) is 0 Å². The SMILES string of the molecule is CCn1c(SCC(=O)Nc2ccc(Br)c(C)c2)nnc1-c1cc2ccccc2o1. The van der Waals surface area contributed by atoms with Crippen LogP contribution in [0.4, 0.5) is 5.69 Å². The summed E-state index contributed by atoms with van der Waals surface area (Å²) in [5.74, 6) is 1.48. The maximum absolute atomic E-state index is 12.4. The van der Waals surface area contributed by atoms with Crippen LogP contribution in [-0.2, 0) is 11.3 Å². The van der Waals surface area contributed by atoms with Gasteiger partial charge in [0.1, 0.15) is 5.58 Å². The van der Waals surface area contributed by atoms with E-state index in [0.29, 0.717) is 23.3 Å². The lowest BCUT2D eigenvalue weighted by Crippen LogP contribution is -2.14. The number of nitrogens with one attached hydrogen (secondary N) is 1. The van der Waals surface area contributed by atoms with E-state index in [9.17, 15) is 4.79 Å². The number of amides is 1. The molecule has 0 bridgehead atoms. The number of halogens is 1. The number of anilines is 1. The second kappa shape index (κ2) is 8.42. The van der Waals surface area contributed by atoms with Crippen LogP contribution >= 0.6 is 27.7 Å². The van der Waals surface area contributed by atoms with Crippen molar-refractivity contribution in [3.05, 3.63) is 58.6 Å². The van der Waals surface area contributed by atoms with Crippen LogP contribution in [0.2, 0.25) is 0 Å². The first-order valence-electron chi connectivity index (χ1n) is 9.16. The van der Waals surface area contributed by atoms with Gasteiger partial charge >= 0.3 is 0 Å². The first kappa shape index (κ1) is 19.7. The van der Waals surface area contributed by atoms with Gasteiger partial charge in [-0.25, -0.2) is 0 Å². The van der Waals surface area contributed by atoms with Crippen LogP contribution in [0.1, 0.15) is 12.5 Å². The monoisotopic (exact) mass is 470 g/mol. The molecule has 1 amide bonds. The summed E-state index contributed by atoms with van der Waals surface area (Å²) in [6, 6.07) is 15.5. The Bertz CT molecular complexity index is 1150. The minimum Gasteiger partial charge on any atom is -0.453 e. The fourth-order valence-corrected chi connectivity index (χ4v) is 4.05. The summed E-state index contributed by atoms with van der Waals surface area (Å²) in [6.45, 7) is 4.68. The third kappa shape index (κ3) is 4.23. The number of hydrogen-bond acceptors (Lipinski definition) is 5. The minimum atomic E-state index is -0.0901. The maximum Gasteiger partial charge on any atom is 0.234 e. The molecule has 0 aliphatic heterocycles. The number of nitrogens with zero attached hydrogens (tertiary/aromatic N) is 3. The van der Waals surface area contributed by atoms with Crippen molar-refractivity contribution < 1.29 is 9.21 Å². The van der Waals surface area contributed by atoms with Gasteiger partial charge in [0.15, 0.2) is 10.9 Å². The lowest BCUT2D eigenvalue weighted by molar-refractivity contribution is -0.113. The summed E-state index contributed by atoms with van der Waals surface area (Å²) >= 11 is 4.82. The number of furan rings is 1. The Balaban J connectivity index is 1.48. The maximum atomic E-state index is 12.4. The lowest BCUT2D eigenvalue weighted by atomic mass is 10.2. The van der Waals surface area contributed by atoms with E-state index in [-0.39, 0.29) is 11.7 Å². The molecule has 6 nitrogen and oxygen atoms in total. The van der Waals surface area contributed by atoms with Crippen LogP contribution in [-0.4, -0.2) is 26.4 Å². The van der Waals surface area contributed by atoms with Crippen molar-refractivity contribution in [2.24, 2.45) is 0 Å². The highest BCUT2D eigenvalue weighted by Crippen LogP contribution is 2.29. The fourth-order valence-electron chi connectivity index (χ4n) is 3.00. The molecule has 4 rings (SSSR count). The van der Waals surface area contributed by atoms with Gasteiger partial charge in [0, 0.05) is 22.1 Å². The van der Waals surface area contributed by atoms with E-state index in [4.69, 9.17) is 4.42 Å². The Labute approximate surface area is 180 Å². The first-order chi connectivity index (χ1) is 14.0. The molecule has 0 saturated carbocycles. The molecule has 29 heavy (non-hydrogen) atoms. The van der Waals surface area contributed by atoms with Gasteiger partial charge in [0.2, 0.25) is 11.7 Å². The number of carbonyl (C=O) groups excluding carboxylic acids is 1. The molecular weight excluding hydrogens is 452 g/mol. The van der Waals surface area contributed by atoms with Crippen molar-refractivity contribution in [2.75, 3.05) is 11.1 Å². The topological polar surface area (TPSA) is 73.0 Å². The minimum absolute atomic E-state index is 0.0901. The van der Waals surface area contributed by atoms with Crippen molar-refractivity contribution in [1.82, 2.24) is 14.8 Å². The predicted octanol–water partition coefficient (Wildman–Crippen LogP) is 5.51. The predicted molar refractivity (Wildman–Crippen MR) is 119 cm³/mol. The van der Waals surface area contributed by atoms with Gasteiger partial charge in [0.25, 0.3) is 0 Å². The molecule has 0 unspecified atom stereocenters. The number of para-hydroxylation sites is 1. The van der Waals surface area contributed by atoms with E-state index in [1.807, 2.05) is 66.9 Å². The second-order valence-electron chi connectivity index (χ2n) is 6.50. The van der Waals surface area contributed by atoms with Crippen LogP contribution in [0, 0.1) is 6.92 Å². The molecule has 0 aliphatic carbocycles. The molecule has 2 aromatic heterocycles. The quantitative estimate of drug-likeness (QED) is 0.376. The molecule has 1 N–H and O–H groups in total. The summed E-state index contributed by atoms with van der Waals surface area (Å²) in [5.41, 5.74) is 2.65. The fraction of sp³-hybridized carbons (Fsp3) is 0.190. The highest BCUT2D eigenvalue weighted by Gasteiger charge is 2.18. The van der Waals surface area contributed by atoms with Crippen molar-refractivity contribution in [3.63, 3.8) is 0 Å². The van der Waals surface area contributed by atoms with Gasteiger partial charge in [0.05, 0.1) is 5.75 Å². The Morgan fingerprint density at radius 2 is 2.03 bits per heavy atom. The number of fused-ring (bicyclic) bond motifs is 1. The summed E-state index contributed by atoms with van der Waals surface area (Å²) in [7, 11) is 0. The van der Waals surface area contributed by atoms with Gasteiger partial charge in [-0.2, -0.15) is 0 Å². The number of hydrogen-bond donors (Lipinski definition) is 1. The van der Waals surface area contributed by atoms with E-state index < -0.39 is 0 Å². The highest BCUT2D eigenvalue weighted by molar-refractivity contribution is 9.10. The zero-order valence-electron chi connectivity index (χ0n) is 16.0. The van der Waals surface area contributed by atoms with E-state index in [1.54, 1.807) is 0 Å².